The molecular weight excluding hydrogens is 377 g/mol. The second kappa shape index (κ2) is 13.1. The lowest BCUT2D eigenvalue weighted by molar-refractivity contribution is -0.138. The Morgan fingerprint density at radius 3 is 2.18 bits per heavy atom. The van der Waals surface area contributed by atoms with Crippen LogP contribution in [0.1, 0.15) is 66.7 Å². The van der Waals surface area contributed by atoms with Crippen LogP contribution in [0.2, 0.25) is 0 Å². The Labute approximate surface area is 170 Å². The van der Waals surface area contributed by atoms with E-state index < -0.39 is 31.2 Å². The molecule has 0 aromatic rings. The van der Waals surface area contributed by atoms with Crippen molar-refractivity contribution in [3.63, 3.8) is 0 Å². The van der Waals surface area contributed by atoms with Crippen LogP contribution in [0, 0.1) is 5.92 Å². The molecule has 0 aliphatic carbocycles. The van der Waals surface area contributed by atoms with Gasteiger partial charge < -0.3 is 20.2 Å². The first-order valence-corrected chi connectivity index (χ1v) is 11.5. The van der Waals surface area contributed by atoms with Gasteiger partial charge in [-0.2, -0.15) is 0 Å². The molecule has 0 heterocycles. The number of aliphatic carboxylic acids is 1. The third-order valence-corrected chi connectivity index (χ3v) is 6.37. The average Bonchev–Trinajstić information content (AvgIpc) is 2.57. The molecule has 0 fully saturated rings. The van der Waals surface area contributed by atoms with Crippen molar-refractivity contribution in [2.45, 2.75) is 78.4 Å². The fraction of sp³-hybridized carbons (Fsp3) is 0.667. The first kappa shape index (κ1) is 26.8. The number of hydrogen-bond acceptors (Lipinski definition) is 3. The van der Waals surface area contributed by atoms with Crippen molar-refractivity contribution in [2.24, 2.45) is 5.92 Å². The van der Waals surface area contributed by atoms with E-state index in [-0.39, 0.29) is 0 Å². The molecule has 6 nitrogen and oxygen atoms in total. The smallest absolute Gasteiger partial charge is 0.329 e. The van der Waals surface area contributed by atoms with E-state index in [0.717, 1.165) is 12.8 Å². The summed E-state index contributed by atoms with van der Waals surface area (Å²) in [4.78, 5) is 31.2. The van der Waals surface area contributed by atoms with E-state index in [9.17, 15) is 24.3 Å². The minimum atomic E-state index is -4.32. The van der Waals surface area contributed by atoms with Crippen LogP contribution in [0.5, 0.6) is 0 Å². The Balaban J connectivity index is 5.72. The zero-order chi connectivity index (χ0) is 21.9. The predicted octanol–water partition coefficient (Wildman–Crippen LogP) is 4.65. The van der Waals surface area contributed by atoms with E-state index in [1.165, 1.54) is 11.1 Å². The van der Waals surface area contributed by atoms with Crippen LogP contribution >= 0.6 is 7.60 Å². The van der Waals surface area contributed by atoms with Gasteiger partial charge in [-0.15, -0.1) is 0 Å². The zero-order valence-electron chi connectivity index (χ0n) is 18.1. The maximum absolute atomic E-state index is 12.2. The molecule has 0 spiro atoms. The Morgan fingerprint density at radius 2 is 1.75 bits per heavy atom. The van der Waals surface area contributed by atoms with Crippen LogP contribution in [0.3, 0.4) is 0 Å². The molecule has 3 atom stereocenters. The second-order valence-electron chi connectivity index (χ2n) is 7.67. The third kappa shape index (κ3) is 10.4. The molecule has 3 unspecified atom stereocenters. The summed E-state index contributed by atoms with van der Waals surface area (Å²) >= 11 is 0. The van der Waals surface area contributed by atoms with Crippen LogP contribution in [-0.4, -0.2) is 39.6 Å². The lowest BCUT2D eigenvalue weighted by Gasteiger charge is -2.28. The van der Waals surface area contributed by atoms with Gasteiger partial charge in [-0.25, -0.2) is 0 Å². The van der Waals surface area contributed by atoms with Gasteiger partial charge in [0.2, 0.25) is 0 Å². The van der Waals surface area contributed by atoms with Crippen LogP contribution in [-0.2, 0) is 9.36 Å². The van der Waals surface area contributed by atoms with Crippen molar-refractivity contribution in [2.75, 3.05) is 7.05 Å². The first-order chi connectivity index (χ1) is 12.9. The fourth-order valence-corrected chi connectivity index (χ4v) is 4.65. The number of rotatable bonds is 13. The Morgan fingerprint density at radius 1 is 1.14 bits per heavy atom. The highest BCUT2D eigenvalue weighted by molar-refractivity contribution is 7.52. The van der Waals surface area contributed by atoms with Crippen molar-refractivity contribution >= 4 is 13.6 Å². The molecule has 7 heteroatoms. The highest BCUT2D eigenvalue weighted by Crippen LogP contribution is 2.50. The first-order valence-electron chi connectivity index (χ1n) is 9.86. The number of nitrogens with one attached hydrogen (secondary N) is 1. The quantitative estimate of drug-likeness (QED) is 0.258. The summed E-state index contributed by atoms with van der Waals surface area (Å²) in [5.41, 5.74) is 2.30. The van der Waals surface area contributed by atoms with Crippen LogP contribution in [0.4, 0.5) is 0 Å². The number of carboxylic acids is 1. The Hall–Kier alpha value is -1.20. The van der Waals surface area contributed by atoms with Gasteiger partial charge in [0.05, 0.1) is 5.66 Å². The monoisotopic (exact) mass is 415 g/mol. The summed E-state index contributed by atoms with van der Waals surface area (Å²) < 4.78 is 12.2. The lowest BCUT2D eigenvalue weighted by Crippen LogP contribution is -2.33. The Bertz CT molecular complexity index is 629. The summed E-state index contributed by atoms with van der Waals surface area (Å²) in [5.74, 6) is -1.42. The summed E-state index contributed by atoms with van der Waals surface area (Å²) in [6, 6.07) is -0.885. The summed E-state index contributed by atoms with van der Waals surface area (Å²) in [6.45, 7) is 9.79. The highest BCUT2D eigenvalue weighted by Gasteiger charge is 2.36. The van der Waals surface area contributed by atoms with Gasteiger partial charge >= 0.3 is 13.6 Å². The van der Waals surface area contributed by atoms with E-state index in [0.29, 0.717) is 24.8 Å². The van der Waals surface area contributed by atoms with Crippen molar-refractivity contribution in [3.05, 3.63) is 34.9 Å². The third-order valence-electron chi connectivity index (χ3n) is 4.88. The van der Waals surface area contributed by atoms with Crippen molar-refractivity contribution in [1.82, 2.24) is 5.32 Å². The SMILES string of the molecule is CCCC(C(C/C=C(\C)CCC=C(C)C)/C(C)=C/C(NC)C(=O)O)P(=O)(O)O. The number of carboxylic acid groups (broad SMARTS) is 1. The molecule has 0 saturated carbocycles. The molecule has 4 N–H and O–H groups in total. The normalized spacial score (nSPS) is 16.4. The maximum Gasteiger partial charge on any atom is 0.329 e. The van der Waals surface area contributed by atoms with Gasteiger partial charge in [0.15, 0.2) is 0 Å². The average molecular weight is 416 g/mol. The molecule has 28 heavy (non-hydrogen) atoms. The Kier molecular flexibility index (Phi) is 12.5. The molecule has 0 aliphatic heterocycles. The molecule has 0 aliphatic rings. The van der Waals surface area contributed by atoms with Gasteiger partial charge in [0.1, 0.15) is 6.04 Å². The molecule has 0 radical (unpaired) electrons. The lowest BCUT2D eigenvalue weighted by atomic mass is 9.88. The largest absolute Gasteiger partial charge is 0.480 e. The number of allylic oxidation sites excluding steroid dienone is 5. The van der Waals surface area contributed by atoms with Crippen molar-refractivity contribution in [1.29, 1.82) is 0 Å². The van der Waals surface area contributed by atoms with Gasteiger partial charge in [-0.3, -0.25) is 9.36 Å². The van der Waals surface area contributed by atoms with Gasteiger partial charge in [0.25, 0.3) is 0 Å². The topological polar surface area (TPSA) is 107 Å². The molecule has 0 rings (SSSR count). The number of hydrogen-bond donors (Lipinski definition) is 4. The zero-order valence-corrected chi connectivity index (χ0v) is 19.0. The van der Waals surface area contributed by atoms with Crippen molar-refractivity contribution < 1.29 is 24.3 Å². The van der Waals surface area contributed by atoms with E-state index in [1.54, 1.807) is 20.0 Å². The summed E-state index contributed by atoms with van der Waals surface area (Å²) in [5, 5.41) is 12.0. The molecule has 0 bridgehead atoms. The van der Waals surface area contributed by atoms with Gasteiger partial charge in [-0.1, -0.05) is 48.3 Å². The molecule has 0 saturated heterocycles. The van der Waals surface area contributed by atoms with E-state index in [4.69, 9.17) is 0 Å². The van der Waals surface area contributed by atoms with Crippen molar-refractivity contribution in [3.8, 4) is 0 Å². The molecule has 0 amide bonds. The standard InChI is InChI=1S/C21H38NO5P/c1-7-9-20(28(25,26)27)18(17(5)14-19(22-6)21(23)24)13-12-16(4)11-8-10-15(2)3/h10,12,14,18-20,22H,7-9,11,13H2,1-6H3,(H,23,24)(H2,25,26,27)/b16-12+,17-14+. The molecular formula is C21H38NO5P. The second-order valence-corrected chi connectivity index (χ2v) is 9.51. The fourth-order valence-electron chi connectivity index (χ4n) is 3.23. The summed E-state index contributed by atoms with van der Waals surface area (Å²) in [6.07, 6.45) is 9.12. The van der Waals surface area contributed by atoms with Gasteiger partial charge in [-0.05, 0) is 66.3 Å². The molecule has 0 aromatic heterocycles. The van der Waals surface area contributed by atoms with E-state index in [1.807, 2.05) is 19.9 Å². The molecule has 162 valence electrons. The highest BCUT2D eigenvalue weighted by atomic mass is 31.2. The maximum atomic E-state index is 12.2. The summed E-state index contributed by atoms with van der Waals surface area (Å²) in [7, 11) is -2.77. The number of likely N-dealkylation sites (N-methyl/N-ethyl adjacent to an activating group) is 1. The van der Waals surface area contributed by atoms with Crippen LogP contribution < -0.4 is 5.32 Å². The minimum Gasteiger partial charge on any atom is -0.480 e. The van der Waals surface area contributed by atoms with E-state index in [2.05, 4.69) is 25.2 Å². The number of carbonyl (C=O) groups is 1. The predicted molar refractivity (Wildman–Crippen MR) is 116 cm³/mol. The molecule has 0 aromatic carbocycles. The van der Waals surface area contributed by atoms with Gasteiger partial charge in [0, 0.05) is 0 Å². The van der Waals surface area contributed by atoms with Crippen LogP contribution in [0.25, 0.3) is 0 Å². The minimum absolute atomic E-state index is 0.391. The van der Waals surface area contributed by atoms with E-state index >= 15 is 0 Å². The van der Waals surface area contributed by atoms with Crippen LogP contribution in [0.15, 0.2) is 34.9 Å².